The molecule has 0 aromatic heterocycles. The molecule has 0 heterocycles. The van der Waals surface area contributed by atoms with Crippen LogP contribution < -0.4 is 5.32 Å². The Morgan fingerprint density at radius 3 is 1.71 bits per heavy atom. The highest BCUT2D eigenvalue weighted by atomic mass is 16.4. The van der Waals surface area contributed by atoms with Crippen LogP contribution >= 0.6 is 0 Å². The molecule has 0 aliphatic heterocycles. The van der Waals surface area contributed by atoms with Crippen LogP contribution in [0, 0.1) is 0 Å². The Morgan fingerprint density at radius 1 is 0.952 bits per heavy atom. The molecular weight excluding hydrogens is 278 g/mol. The average molecular weight is 303 g/mol. The Balaban J connectivity index is 4.42. The van der Waals surface area contributed by atoms with Gasteiger partial charge in [-0.05, 0) is 27.7 Å². The number of amides is 2. The van der Waals surface area contributed by atoms with E-state index in [1.807, 2.05) is 27.7 Å². The largest absolute Gasteiger partial charge is 0.480 e. The maximum absolute atomic E-state index is 11.8. The summed E-state index contributed by atoms with van der Waals surface area (Å²) in [5, 5.41) is 19.9. The van der Waals surface area contributed by atoms with Crippen LogP contribution in [0.25, 0.3) is 0 Å². The number of hydrogen-bond donors (Lipinski definition) is 3. The van der Waals surface area contributed by atoms with E-state index in [2.05, 4.69) is 10.2 Å². The van der Waals surface area contributed by atoms with Crippen LogP contribution in [-0.2, 0) is 9.59 Å². The molecule has 3 N–H and O–H groups in total. The van der Waals surface area contributed by atoms with Gasteiger partial charge in [0.1, 0.15) is 13.1 Å². The molecule has 2 amide bonds. The van der Waals surface area contributed by atoms with Crippen molar-refractivity contribution in [3.8, 4) is 0 Å². The molecule has 0 saturated carbocycles. The van der Waals surface area contributed by atoms with Gasteiger partial charge in [0.15, 0.2) is 0 Å². The van der Waals surface area contributed by atoms with Crippen LogP contribution in [0.3, 0.4) is 0 Å². The molecule has 0 saturated heterocycles. The highest BCUT2D eigenvalue weighted by Gasteiger charge is 2.20. The lowest BCUT2D eigenvalue weighted by Gasteiger charge is -2.30. The van der Waals surface area contributed by atoms with Crippen molar-refractivity contribution in [2.45, 2.75) is 39.8 Å². The number of urea groups is 1. The van der Waals surface area contributed by atoms with Gasteiger partial charge in [0.25, 0.3) is 0 Å². The molecule has 8 nitrogen and oxygen atoms in total. The van der Waals surface area contributed by atoms with Gasteiger partial charge in [-0.2, -0.15) is 0 Å². The van der Waals surface area contributed by atoms with Crippen LogP contribution in [0.5, 0.6) is 0 Å². The molecular formula is C13H25N3O5. The lowest BCUT2D eigenvalue weighted by molar-refractivity contribution is -0.140. The quantitative estimate of drug-likeness (QED) is 0.564. The SMILES string of the molecule is CC(C)N(CCNC(=O)N(CC(=O)O)CC(=O)O)C(C)C. The van der Waals surface area contributed by atoms with Crippen molar-refractivity contribution >= 4 is 18.0 Å². The van der Waals surface area contributed by atoms with Crippen molar-refractivity contribution in [1.29, 1.82) is 0 Å². The van der Waals surface area contributed by atoms with E-state index in [0.717, 1.165) is 4.90 Å². The van der Waals surface area contributed by atoms with Crippen molar-refractivity contribution in [3.05, 3.63) is 0 Å². The van der Waals surface area contributed by atoms with Crippen LogP contribution in [0.2, 0.25) is 0 Å². The lowest BCUT2D eigenvalue weighted by Crippen LogP contribution is -2.48. The molecule has 8 heteroatoms. The summed E-state index contributed by atoms with van der Waals surface area (Å²) in [5.74, 6) is -2.50. The molecule has 0 spiro atoms. The molecule has 0 aliphatic carbocycles. The number of carbonyl (C=O) groups is 3. The fraction of sp³-hybridized carbons (Fsp3) is 0.769. The number of nitrogens with one attached hydrogen (secondary N) is 1. The summed E-state index contributed by atoms with van der Waals surface area (Å²) in [6.07, 6.45) is 0. The first-order chi connectivity index (χ1) is 9.65. The fourth-order valence-electron chi connectivity index (χ4n) is 2.04. The van der Waals surface area contributed by atoms with E-state index in [0.29, 0.717) is 25.2 Å². The minimum atomic E-state index is -1.25. The van der Waals surface area contributed by atoms with Gasteiger partial charge < -0.3 is 20.4 Å². The van der Waals surface area contributed by atoms with E-state index in [-0.39, 0.29) is 0 Å². The molecule has 0 aromatic carbocycles. The number of nitrogens with zero attached hydrogens (tertiary/aromatic N) is 2. The van der Waals surface area contributed by atoms with Gasteiger partial charge in [-0.15, -0.1) is 0 Å². The molecule has 0 bridgehead atoms. The van der Waals surface area contributed by atoms with Crippen molar-refractivity contribution in [2.24, 2.45) is 0 Å². The fourth-order valence-corrected chi connectivity index (χ4v) is 2.04. The van der Waals surface area contributed by atoms with Gasteiger partial charge >= 0.3 is 18.0 Å². The van der Waals surface area contributed by atoms with Crippen molar-refractivity contribution in [1.82, 2.24) is 15.1 Å². The maximum Gasteiger partial charge on any atom is 0.323 e. The Morgan fingerprint density at radius 2 is 1.38 bits per heavy atom. The first-order valence-electron chi connectivity index (χ1n) is 6.87. The number of hydrogen-bond acceptors (Lipinski definition) is 4. The Hall–Kier alpha value is -1.83. The second-order valence-electron chi connectivity index (χ2n) is 5.30. The van der Waals surface area contributed by atoms with E-state index >= 15 is 0 Å². The topological polar surface area (TPSA) is 110 Å². The summed E-state index contributed by atoms with van der Waals surface area (Å²) in [6.45, 7) is 7.82. The van der Waals surface area contributed by atoms with Crippen molar-refractivity contribution in [3.63, 3.8) is 0 Å². The summed E-state index contributed by atoms with van der Waals surface area (Å²) >= 11 is 0. The third kappa shape index (κ3) is 8.13. The summed E-state index contributed by atoms with van der Waals surface area (Å²) in [4.78, 5) is 36.0. The normalized spacial score (nSPS) is 11.0. The van der Waals surface area contributed by atoms with Gasteiger partial charge in [-0.25, -0.2) is 4.79 Å². The second kappa shape index (κ2) is 9.17. The van der Waals surface area contributed by atoms with E-state index in [1.165, 1.54) is 0 Å². The monoisotopic (exact) mass is 303 g/mol. The van der Waals surface area contributed by atoms with Crippen LogP contribution in [0.15, 0.2) is 0 Å². The zero-order chi connectivity index (χ0) is 16.6. The number of carbonyl (C=O) groups excluding carboxylic acids is 1. The molecule has 0 fully saturated rings. The van der Waals surface area contributed by atoms with E-state index in [4.69, 9.17) is 10.2 Å². The van der Waals surface area contributed by atoms with E-state index in [1.54, 1.807) is 0 Å². The molecule has 122 valence electrons. The molecule has 0 atom stereocenters. The van der Waals surface area contributed by atoms with Gasteiger partial charge in [0.2, 0.25) is 0 Å². The average Bonchev–Trinajstić information content (AvgIpc) is 2.31. The number of rotatable bonds is 9. The number of carboxylic acids is 2. The van der Waals surface area contributed by atoms with Gasteiger partial charge in [-0.1, -0.05) is 0 Å². The predicted molar refractivity (Wildman–Crippen MR) is 77.2 cm³/mol. The molecule has 0 aliphatic rings. The van der Waals surface area contributed by atoms with Crippen LogP contribution in [0.1, 0.15) is 27.7 Å². The summed E-state index contributed by atoms with van der Waals surface area (Å²) in [7, 11) is 0. The van der Waals surface area contributed by atoms with Gasteiger partial charge in [0, 0.05) is 25.2 Å². The maximum atomic E-state index is 11.8. The van der Waals surface area contributed by atoms with Crippen LogP contribution in [0.4, 0.5) is 4.79 Å². The zero-order valence-corrected chi connectivity index (χ0v) is 13.0. The van der Waals surface area contributed by atoms with E-state index < -0.39 is 31.1 Å². The van der Waals surface area contributed by atoms with E-state index in [9.17, 15) is 14.4 Å². The number of carboxylic acid groups (broad SMARTS) is 2. The highest BCUT2D eigenvalue weighted by molar-refractivity contribution is 5.84. The predicted octanol–water partition coefficient (Wildman–Crippen LogP) is 0.286. The highest BCUT2D eigenvalue weighted by Crippen LogP contribution is 2.03. The number of aliphatic carboxylic acids is 2. The van der Waals surface area contributed by atoms with Crippen LogP contribution in [-0.4, -0.2) is 76.2 Å². The Kier molecular flexibility index (Phi) is 8.37. The first kappa shape index (κ1) is 19.2. The minimum absolute atomic E-state index is 0.316. The third-order valence-corrected chi connectivity index (χ3v) is 2.91. The minimum Gasteiger partial charge on any atom is -0.480 e. The lowest BCUT2D eigenvalue weighted by atomic mass is 10.2. The van der Waals surface area contributed by atoms with Crippen molar-refractivity contribution < 1.29 is 24.6 Å². The van der Waals surface area contributed by atoms with Gasteiger partial charge in [-0.3, -0.25) is 14.5 Å². The molecule has 0 radical (unpaired) electrons. The van der Waals surface area contributed by atoms with Gasteiger partial charge in [0.05, 0.1) is 0 Å². The van der Waals surface area contributed by atoms with Crippen molar-refractivity contribution in [2.75, 3.05) is 26.2 Å². The molecule has 21 heavy (non-hydrogen) atoms. The first-order valence-corrected chi connectivity index (χ1v) is 6.87. The Labute approximate surface area is 124 Å². The molecule has 0 rings (SSSR count). The smallest absolute Gasteiger partial charge is 0.323 e. The summed E-state index contributed by atoms with van der Waals surface area (Å²) in [6, 6.07) is -0.0562. The Bertz CT molecular complexity index is 347. The molecule has 0 aromatic rings. The zero-order valence-electron chi connectivity index (χ0n) is 13.0. The summed E-state index contributed by atoms with van der Waals surface area (Å²) in [5.41, 5.74) is 0. The second-order valence-corrected chi connectivity index (χ2v) is 5.30. The standard InChI is InChI=1S/C13H25N3O5/c1-9(2)16(10(3)4)6-5-14-13(21)15(7-11(17)18)8-12(19)20/h9-10H,5-8H2,1-4H3,(H,14,21)(H,17,18)(H,19,20). The molecule has 0 unspecified atom stereocenters. The third-order valence-electron chi connectivity index (χ3n) is 2.91. The summed E-state index contributed by atoms with van der Waals surface area (Å²) < 4.78 is 0.